The van der Waals surface area contributed by atoms with Crippen LogP contribution in [0.4, 0.5) is 5.69 Å². The summed E-state index contributed by atoms with van der Waals surface area (Å²) in [4.78, 5) is 0. The van der Waals surface area contributed by atoms with Crippen LogP contribution < -0.4 is 5.32 Å². The summed E-state index contributed by atoms with van der Waals surface area (Å²) in [6.45, 7) is 5.10. The lowest BCUT2D eigenvalue weighted by Crippen LogP contribution is -2.52. The number of fused-ring (bicyclic) bond motifs is 5. The van der Waals surface area contributed by atoms with Gasteiger partial charge in [0.2, 0.25) is 0 Å². The third kappa shape index (κ3) is 2.70. The largest absolute Gasteiger partial charge is 0.393 e. The van der Waals surface area contributed by atoms with E-state index in [-0.39, 0.29) is 6.10 Å². The smallest absolute Gasteiger partial charge is 0.0577 e. The monoisotopic (exact) mass is 365 g/mol. The summed E-state index contributed by atoms with van der Waals surface area (Å²) < 4.78 is 0. The van der Waals surface area contributed by atoms with Gasteiger partial charge in [-0.2, -0.15) is 0 Å². The number of aliphatic hydroxyl groups excluding tert-OH is 1. The molecule has 0 amide bonds. The van der Waals surface area contributed by atoms with E-state index in [9.17, 15) is 5.11 Å². The molecule has 0 radical (unpaired) electrons. The molecule has 0 aliphatic heterocycles. The van der Waals surface area contributed by atoms with Crippen LogP contribution in [0.2, 0.25) is 0 Å². The predicted octanol–water partition coefficient (Wildman–Crippen LogP) is 5.79. The van der Waals surface area contributed by atoms with Crippen molar-refractivity contribution in [2.75, 3.05) is 5.32 Å². The number of hydrogen-bond acceptors (Lipinski definition) is 2. The molecule has 1 aromatic rings. The van der Waals surface area contributed by atoms with Gasteiger partial charge in [0.1, 0.15) is 0 Å². The second kappa shape index (κ2) is 6.37. The zero-order valence-corrected chi connectivity index (χ0v) is 17.0. The molecular formula is C25H35NO. The SMILES string of the molecule is C[C@]12CC[C@H]3[C@@H](CC=C4C[C@H](O)CC[C@@]43C)[C@@H]1CC[C@@H]2Nc1ccccc1. The highest BCUT2D eigenvalue weighted by Gasteiger charge is 2.58. The maximum atomic E-state index is 10.2. The van der Waals surface area contributed by atoms with Crippen molar-refractivity contribution in [2.24, 2.45) is 28.6 Å². The summed E-state index contributed by atoms with van der Waals surface area (Å²) in [6, 6.07) is 11.4. The minimum absolute atomic E-state index is 0.0966. The first-order valence-electron chi connectivity index (χ1n) is 11.2. The molecule has 0 aromatic heterocycles. The molecule has 2 N–H and O–H groups in total. The number of para-hydroxylation sites is 1. The Morgan fingerprint density at radius 1 is 0.963 bits per heavy atom. The van der Waals surface area contributed by atoms with E-state index in [1.54, 1.807) is 5.57 Å². The summed E-state index contributed by atoms with van der Waals surface area (Å²) >= 11 is 0. The van der Waals surface area contributed by atoms with Gasteiger partial charge >= 0.3 is 0 Å². The van der Waals surface area contributed by atoms with Gasteiger partial charge in [0, 0.05) is 11.7 Å². The Balaban J connectivity index is 1.40. The zero-order chi connectivity index (χ0) is 18.6. The van der Waals surface area contributed by atoms with Gasteiger partial charge < -0.3 is 10.4 Å². The topological polar surface area (TPSA) is 32.3 Å². The Hall–Kier alpha value is -1.28. The summed E-state index contributed by atoms with van der Waals surface area (Å²) in [7, 11) is 0. The van der Waals surface area contributed by atoms with Gasteiger partial charge in [0.25, 0.3) is 0 Å². The van der Waals surface area contributed by atoms with Crippen molar-refractivity contribution in [1.29, 1.82) is 0 Å². The minimum Gasteiger partial charge on any atom is -0.393 e. The van der Waals surface area contributed by atoms with Gasteiger partial charge in [-0.3, -0.25) is 0 Å². The molecule has 1 aromatic carbocycles. The van der Waals surface area contributed by atoms with Crippen LogP contribution in [-0.4, -0.2) is 17.3 Å². The third-order valence-corrected chi connectivity index (χ3v) is 9.19. The van der Waals surface area contributed by atoms with Crippen molar-refractivity contribution < 1.29 is 5.11 Å². The molecule has 146 valence electrons. The third-order valence-electron chi connectivity index (χ3n) is 9.19. The van der Waals surface area contributed by atoms with Gasteiger partial charge in [0.15, 0.2) is 0 Å². The van der Waals surface area contributed by atoms with Crippen LogP contribution in [0.15, 0.2) is 42.0 Å². The van der Waals surface area contributed by atoms with Crippen LogP contribution in [0.3, 0.4) is 0 Å². The fourth-order valence-electron chi connectivity index (χ4n) is 7.61. The molecule has 2 nitrogen and oxygen atoms in total. The Labute approximate surface area is 164 Å². The molecule has 0 spiro atoms. The summed E-state index contributed by atoms with van der Waals surface area (Å²) in [5.74, 6) is 2.52. The van der Waals surface area contributed by atoms with Gasteiger partial charge in [-0.1, -0.05) is 43.7 Å². The van der Waals surface area contributed by atoms with Crippen molar-refractivity contribution >= 4 is 5.69 Å². The highest BCUT2D eigenvalue weighted by atomic mass is 16.3. The first kappa shape index (κ1) is 17.8. The fraction of sp³-hybridized carbons (Fsp3) is 0.680. The zero-order valence-electron chi connectivity index (χ0n) is 17.0. The summed E-state index contributed by atoms with van der Waals surface area (Å²) in [6.07, 6.45) is 12.2. The number of hydrogen-bond donors (Lipinski definition) is 2. The number of nitrogens with one attached hydrogen (secondary N) is 1. The second-order valence-corrected chi connectivity index (χ2v) is 10.3. The van der Waals surface area contributed by atoms with Gasteiger partial charge in [0.05, 0.1) is 6.10 Å². The van der Waals surface area contributed by atoms with Crippen LogP contribution in [0.1, 0.15) is 65.2 Å². The van der Waals surface area contributed by atoms with Crippen LogP contribution in [0.25, 0.3) is 0 Å². The lowest BCUT2D eigenvalue weighted by Gasteiger charge is -2.58. The number of benzene rings is 1. The fourth-order valence-corrected chi connectivity index (χ4v) is 7.61. The number of allylic oxidation sites excluding steroid dienone is 1. The molecule has 5 rings (SSSR count). The maximum Gasteiger partial charge on any atom is 0.0577 e. The lowest BCUT2D eigenvalue weighted by molar-refractivity contribution is -0.0385. The molecule has 0 saturated heterocycles. The Morgan fingerprint density at radius 2 is 1.78 bits per heavy atom. The Bertz CT molecular complexity index is 727. The molecule has 27 heavy (non-hydrogen) atoms. The molecule has 0 heterocycles. The molecule has 0 bridgehead atoms. The molecular weight excluding hydrogens is 330 g/mol. The molecule has 2 heteroatoms. The van der Waals surface area contributed by atoms with E-state index < -0.39 is 0 Å². The van der Waals surface area contributed by atoms with Crippen molar-refractivity contribution in [2.45, 2.75) is 77.4 Å². The first-order chi connectivity index (χ1) is 13.0. The second-order valence-electron chi connectivity index (χ2n) is 10.3. The number of anilines is 1. The van der Waals surface area contributed by atoms with E-state index in [4.69, 9.17) is 0 Å². The Kier molecular flexibility index (Phi) is 4.20. The highest BCUT2D eigenvalue weighted by Crippen LogP contribution is 2.65. The maximum absolute atomic E-state index is 10.2. The standard InChI is InChI=1S/C25H35NO/c1-24-14-12-19(27)16-17(24)8-9-20-21-10-11-23(25(21,2)15-13-22(20)24)26-18-6-4-3-5-7-18/h3-8,19-23,26-27H,9-16H2,1-2H3/t19-,20+,21+,22+,23+,24+,25+/m1/s1. The Morgan fingerprint density at radius 3 is 2.59 bits per heavy atom. The van der Waals surface area contributed by atoms with Crippen molar-refractivity contribution in [3.05, 3.63) is 42.0 Å². The minimum atomic E-state index is -0.0966. The summed E-state index contributed by atoms with van der Waals surface area (Å²) in [5.41, 5.74) is 3.65. The van der Waals surface area contributed by atoms with E-state index in [2.05, 4.69) is 55.6 Å². The average molecular weight is 366 g/mol. The molecule has 3 saturated carbocycles. The normalized spacial score (nSPS) is 46.0. The van der Waals surface area contributed by atoms with E-state index >= 15 is 0 Å². The highest BCUT2D eigenvalue weighted by molar-refractivity contribution is 5.44. The van der Waals surface area contributed by atoms with E-state index in [0.717, 1.165) is 30.6 Å². The van der Waals surface area contributed by atoms with Gasteiger partial charge in [-0.25, -0.2) is 0 Å². The lowest BCUT2D eigenvalue weighted by atomic mass is 9.48. The van der Waals surface area contributed by atoms with Gasteiger partial charge in [-0.15, -0.1) is 0 Å². The van der Waals surface area contributed by atoms with E-state index in [1.807, 2.05) is 0 Å². The van der Waals surface area contributed by atoms with E-state index in [1.165, 1.54) is 44.2 Å². The van der Waals surface area contributed by atoms with Gasteiger partial charge in [-0.05, 0) is 92.1 Å². The van der Waals surface area contributed by atoms with Crippen molar-refractivity contribution in [3.63, 3.8) is 0 Å². The van der Waals surface area contributed by atoms with Crippen LogP contribution >= 0.6 is 0 Å². The molecule has 7 atom stereocenters. The van der Waals surface area contributed by atoms with Crippen LogP contribution in [0, 0.1) is 28.6 Å². The van der Waals surface area contributed by atoms with Crippen LogP contribution in [0.5, 0.6) is 0 Å². The summed E-state index contributed by atoms with van der Waals surface area (Å²) in [5, 5.41) is 14.1. The number of aliphatic hydroxyl groups is 1. The van der Waals surface area contributed by atoms with E-state index in [0.29, 0.717) is 16.9 Å². The van der Waals surface area contributed by atoms with Crippen molar-refractivity contribution in [1.82, 2.24) is 0 Å². The average Bonchev–Trinajstić information content (AvgIpc) is 3.00. The molecule has 4 aliphatic rings. The molecule has 3 fully saturated rings. The molecule has 0 unspecified atom stereocenters. The number of rotatable bonds is 2. The first-order valence-corrected chi connectivity index (χ1v) is 11.2. The quantitative estimate of drug-likeness (QED) is 0.650. The molecule has 4 aliphatic carbocycles. The predicted molar refractivity (Wildman–Crippen MR) is 112 cm³/mol. The van der Waals surface area contributed by atoms with Crippen LogP contribution in [-0.2, 0) is 0 Å². The van der Waals surface area contributed by atoms with Crippen molar-refractivity contribution in [3.8, 4) is 0 Å².